The lowest BCUT2D eigenvalue weighted by molar-refractivity contribution is 0.176. The molecular weight excluding hydrogens is 406 g/mol. The number of hydrogen-bond acceptors (Lipinski definition) is 5. The third-order valence-corrected chi connectivity index (χ3v) is 5.40. The molecule has 31 heavy (non-hydrogen) atoms. The van der Waals surface area contributed by atoms with Gasteiger partial charge in [0.05, 0.1) is 19.7 Å². The SMILES string of the molecule is [2H]C1([2H])CCN(c2ccn3ncc(NC(=O)N4CC[C@H](O)C4)c3n2)[C@@]1([2H])c1cc(F)ccc1F. The van der Waals surface area contributed by atoms with E-state index in [1.54, 1.807) is 0 Å². The van der Waals surface area contributed by atoms with E-state index in [4.69, 9.17) is 4.11 Å². The number of fused-ring (bicyclic) bond motifs is 1. The van der Waals surface area contributed by atoms with Crippen molar-refractivity contribution in [1.29, 1.82) is 0 Å². The van der Waals surface area contributed by atoms with Gasteiger partial charge in [-0.05, 0) is 43.5 Å². The van der Waals surface area contributed by atoms with Gasteiger partial charge in [0.2, 0.25) is 0 Å². The maximum atomic E-state index is 14.7. The molecule has 0 radical (unpaired) electrons. The van der Waals surface area contributed by atoms with Gasteiger partial charge in [-0.1, -0.05) is 0 Å². The maximum Gasteiger partial charge on any atom is 0.322 e. The number of carbonyl (C=O) groups is 1. The zero-order valence-electron chi connectivity index (χ0n) is 19.4. The summed E-state index contributed by atoms with van der Waals surface area (Å²) in [5.74, 6) is -1.51. The van der Waals surface area contributed by atoms with Crippen LogP contribution in [-0.4, -0.2) is 56.4 Å². The molecule has 0 saturated carbocycles. The number of anilines is 2. The molecule has 8 nitrogen and oxygen atoms in total. The van der Waals surface area contributed by atoms with Crippen molar-refractivity contribution < 1.29 is 22.8 Å². The number of amides is 2. The Labute approximate surface area is 181 Å². The summed E-state index contributed by atoms with van der Waals surface area (Å²) in [6.45, 7) is 0.665. The van der Waals surface area contributed by atoms with Crippen LogP contribution in [0.15, 0.2) is 36.7 Å². The van der Waals surface area contributed by atoms with E-state index in [1.165, 1.54) is 32.8 Å². The number of rotatable bonds is 3. The highest BCUT2D eigenvalue weighted by molar-refractivity contribution is 5.93. The molecule has 4 heterocycles. The first-order chi connectivity index (χ1) is 16.1. The summed E-state index contributed by atoms with van der Waals surface area (Å²) in [4.78, 5) is 19.8. The van der Waals surface area contributed by atoms with Gasteiger partial charge in [0.15, 0.2) is 5.65 Å². The van der Waals surface area contributed by atoms with Gasteiger partial charge in [-0.25, -0.2) is 23.1 Å². The molecule has 1 aromatic carbocycles. The normalized spacial score (nSPS) is 26.7. The van der Waals surface area contributed by atoms with Gasteiger partial charge < -0.3 is 20.2 Å². The molecular formula is C21H22F2N6O2. The average Bonchev–Trinajstić information content (AvgIpc) is 3.47. The fourth-order valence-corrected chi connectivity index (χ4v) is 3.86. The molecule has 2 aliphatic heterocycles. The van der Waals surface area contributed by atoms with Crippen LogP contribution in [0.25, 0.3) is 5.65 Å². The minimum absolute atomic E-state index is 0.0388. The standard InChI is InChI=1S/C21H22F2N6O2/c22-13-3-4-16(23)15(10-13)18-2-1-7-28(18)19-6-9-29-20(26-19)17(11-24-29)25-21(31)27-8-5-14(30)12-27/h3-4,6,9-11,14,18,30H,1-2,5,7-8,12H2,(H,25,31)/t14-,18+/m0/s1/i2D2,18D. The van der Waals surface area contributed by atoms with Gasteiger partial charge in [-0.2, -0.15) is 5.10 Å². The highest BCUT2D eigenvalue weighted by Crippen LogP contribution is 2.37. The van der Waals surface area contributed by atoms with Gasteiger partial charge in [-0.3, -0.25) is 0 Å². The number of β-amino-alcohol motifs (C(OH)–C–C–N with tert-alkyl or cyclic N) is 1. The summed E-state index contributed by atoms with van der Waals surface area (Å²) >= 11 is 0. The van der Waals surface area contributed by atoms with E-state index in [1.807, 2.05) is 0 Å². The van der Waals surface area contributed by atoms with E-state index in [9.17, 15) is 18.7 Å². The second-order valence-electron chi connectivity index (χ2n) is 7.48. The van der Waals surface area contributed by atoms with Crippen LogP contribution in [0.2, 0.25) is 0 Å². The van der Waals surface area contributed by atoms with Crippen molar-refractivity contribution in [3.05, 3.63) is 53.9 Å². The second kappa shape index (κ2) is 7.77. The molecule has 0 spiro atoms. The quantitative estimate of drug-likeness (QED) is 0.666. The summed E-state index contributed by atoms with van der Waals surface area (Å²) in [5.41, 5.74) is 0.0920. The second-order valence-corrected chi connectivity index (χ2v) is 7.48. The zero-order chi connectivity index (χ0) is 24.3. The van der Waals surface area contributed by atoms with Crippen LogP contribution in [-0.2, 0) is 0 Å². The molecule has 0 bridgehead atoms. The Morgan fingerprint density at radius 1 is 1.32 bits per heavy atom. The molecule has 2 aromatic heterocycles. The third-order valence-electron chi connectivity index (χ3n) is 5.40. The maximum absolute atomic E-state index is 14.7. The number of carbonyl (C=O) groups excluding carboxylic acids is 1. The van der Waals surface area contributed by atoms with Crippen molar-refractivity contribution in [2.24, 2.45) is 0 Å². The Hall–Kier alpha value is -3.27. The van der Waals surface area contributed by atoms with E-state index in [-0.39, 0.29) is 36.7 Å². The van der Waals surface area contributed by atoms with Crippen molar-refractivity contribution in [1.82, 2.24) is 19.5 Å². The molecule has 2 saturated heterocycles. The van der Waals surface area contributed by atoms with Crippen LogP contribution >= 0.6 is 0 Å². The molecule has 2 atom stereocenters. The average molecular weight is 431 g/mol. The van der Waals surface area contributed by atoms with Crippen LogP contribution in [0.5, 0.6) is 0 Å². The summed E-state index contributed by atoms with van der Waals surface area (Å²) in [7, 11) is 0. The first-order valence-corrected chi connectivity index (χ1v) is 9.92. The van der Waals surface area contributed by atoms with Crippen molar-refractivity contribution >= 4 is 23.2 Å². The van der Waals surface area contributed by atoms with Crippen LogP contribution in [0.4, 0.5) is 25.1 Å². The van der Waals surface area contributed by atoms with Crippen LogP contribution in [0.3, 0.4) is 0 Å². The van der Waals surface area contributed by atoms with Crippen LogP contribution in [0.1, 0.15) is 34.9 Å². The number of nitrogens with one attached hydrogen (secondary N) is 1. The van der Waals surface area contributed by atoms with E-state index in [2.05, 4.69) is 15.4 Å². The first kappa shape index (κ1) is 16.4. The fourth-order valence-electron chi connectivity index (χ4n) is 3.86. The highest BCUT2D eigenvalue weighted by Gasteiger charge is 2.30. The van der Waals surface area contributed by atoms with E-state index in [0.29, 0.717) is 13.0 Å². The zero-order valence-corrected chi connectivity index (χ0v) is 16.4. The van der Waals surface area contributed by atoms with Gasteiger partial charge in [0, 0.05) is 34.1 Å². The molecule has 2 fully saturated rings. The number of aliphatic hydroxyl groups is 1. The van der Waals surface area contributed by atoms with Gasteiger partial charge in [0.1, 0.15) is 23.1 Å². The van der Waals surface area contributed by atoms with Crippen molar-refractivity contribution in [3.8, 4) is 0 Å². The molecule has 3 aromatic rings. The van der Waals surface area contributed by atoms with Crippen LogP contribution in [0, 0.1) is 11.6 Å². The van der Waals surface area contributed by atoms with Crippen molar-refractivity contribution in [3.63, 3.8) is 0 Å². The lowest BCUT2D eigenvalue weighted by Gasteiger charge is -2.26. The number of likely N-dealkylation sites (tertiary alicyclic amines) is 1. The minimum atomic E-state index is -2.28. The van der Waals surface area contributed by atoms with Crippen LogP contribution < -0.4 is 10.2 Å². The monoisotopic (exact) mass is 431 g/mol. The number of urea groups is 1. The number of nitrogens with zero attached hydrogens (tertiary/aromatic N) is 5. The molecule has 5 rings (SSSR count). The summed E-state index contributed by atoms with van der Waals surface area (Å²) < 4.78 is 55.9. The number of benzene rings is 1. The lowest BCUT2D eigenvalue weighted by Crippen LogP contribution is -2.33. The Morgan fingerprint density at radius 3 is 3.00 bits per heavy atom. The topological polar surface area (TPSA) is 86.0 Å². The highest BCUT2D eigenvalue weighted by atomic mass is 19.1. The Balaban J connectivity index is 1.53. The number of aromatic nitrogens is 3. The van der Waals surface area contributed by atoms with Crippen molar-refractivity contribution in [2.45, 2.75) is 31.3 Å². The summed E-state index contributed by atoms with van der Waals surface area (Å²) in [6, 6.07) is 1.44. The van der Waals surface area contributed by atoms with Crippen molar-refractivity contribution in [2.75, 3.05) is 29.9 Å². The predicted octanol–water partition coefficient (Wildman–Crippen LogP) is 2.95. The molecule has 2 N–H and O–H groups in total. The van der Waals surface area contributed by atoms with E-state index >= 15 is 0 Å². The smallest absolute Gasteiger partial charge is 0.322 e. The largest absolute Gasteiger partial charge is 0.391 e. The third kappa shape index (κ3) is 3.67. The molecule has 0 unspecified atom stereocenters. The molecule has 0 aliphatic carbocycles. The Bertz CT molecular complexity index is 1270. The Morgan fingerprint density at radius 2 is 2.19 bits per heavy atom. The number of halogens is 2. The lowest BCUT2D eigenvalue weighted by atomic mass is 10.0. The number of hydrogen-bond donors (Lipinski definition) is 2. The molecule has 10 heteroatoms. The van der Waals surface area contributed by atoms with E-state index in [0.717, 1.165) is 18.2 Å². The van der Waals surface area contributed by atoms with Gasteiger partial charge >= 0.3 is 6.03 Å². The first-order valence-electron chi connectivity index (χ1n) is 11.4. The molecule has 2 aliphatic rings. The van der Waals surface area contributed by atoms with Gasteiger partial charge in [0.25, 0.3) is 0 Å². The summed E-state index contributed by atoms with van der Waals surface area (Å²) in [6.07, 6.45) is 0.549. The summed E-state index contributed by atoms with van der Waals surface area (Å²) in [5, 5.41) is 16.5. The predicted molar refractivity (Wildman–Crippen MR) is 110 cm³/mol. The van der Waals surface area contributed by atoms with E-state index < -0.39 is 41.7 Å². The fraction of sp³-hybridized carbons (Fsp3) is 0.381. The minimum Gasteiger partial charge on any atom is -0.391 e. The number of aliphatic hydroxyl groups excluding tert-OH is 1. The molecule has 162 valence electrons. The van der Waals surface area contributed by atoms with Gasteiger partial charge in [-0.15, -0.1) is 0 Å². The molecule has 2 amide bonds. The Kier molecular flexibility index (Phi) is 4.12.